The Bertz CT molecular complexity index is 940. The van der Waals surface area contributed by atoms with Gasteiger partial charge in [0, 0.05) is 21.1 Å². The predicted octanol–water partition coefficient (Wildman–Crippen LogP) is 4.34. The summed E-state index contributed by atoms with van der Waals surface area (Å²) in [6.45, 7) is -0.447. The Morgan fingerprint density at radius 2 is 1.72 bits per heavy atom. The summed E-state index contributed by atoms with van der Waals surface area (Å²) >= 11 is 11.7. The Morgan fingerprint density at radius 3 is 2.48 bits per heavy atom. The largest absolute Gasteiger partial charge is 0.451 e. The molecular formula is C18H12Cl2N2O3. The van der Waals surface area contributed by atoms with Gasteiger partial charge in [0.2, 0.25) is 0 Å². The molecule has 3 rings (SSSR count). The van der Waals surface area contributed by atoms with Crippen molar-refractivity contribution in [3.63, 3.8) is 0 Å². The first-order valence-corrected chi connectivity index (χ1v) is 8.06. The summed E-state index contributed by atoms with van der Waals surface area (Å²) in [5.41, 5.74) is 1.23. The minimum atomic E-state index is -0.676. The first kappa shape index (κ1) is 17.2. The smallest absolute Gasteiger partial charge is 0.357 e. The van der Waals surface area contributed by atoms with E-state index in [1.165, 1.54) is 12.1 Å². The van der Waals surface area contributed by atoms with Crippen LogP contribution in [0.3, 0.4) is 0 Å². The molecule has 0 bridgehead atoms. The summed E-state index contributed by atoms with van der Waals surface area (Å²) in [5, 5.41) is 4.24. The van der Waals surface area contributed by atoms with Gasteiger partial charge < -0.3 is 10.1 Å². The second-order valence-corrected chi connectivity index (χ2v) is 6.04. The molecule has 0 spiro atoms. The zero-order chi connectivity index (χ0) is 17.8. The number of carbonyl (C=O) groups excluding carboxylic acids is 2. The first-order valence-electron chi connectivity index (χ1n) is 7.30. The number of hydrogen-bond acceptors (Lipinski definition) is 4. The molecular weight excluding hydrogens is 363 g/mol. The molecule has 2 aromatic carbocycles. The summed E-state index contributed by atoms with van der Waals surface area (Å²) in [5.74, 6) is -1.18. The molecule has 0 radical (unpaired) electrons. The number of pyridine rings is 1. The van der Waals surface area contributed by atoms with Crippen LogP contribution in [-0.4, -0.2) is 23.5 Å². The molecule has 0 aliphatic rings. The van der Waals surface area contributed by atoms with Crippen molar-refractivity contribution in [2.45, 2.75) is 0 Å². The van der Waals surface area contributed by atoms with Gasteiger partial charge in [0.25, 0.3) is 5.91 Å². The minimum Gasteiger partial charge on any atom is -0.451 e. The minimum absolute atomic E-state index is 0.136. The number of amides is 1. The van der Waals surface area contributed by atoms with Crippen molar-refractivity contribution in [3.8, 4) is 0 Å². The van der Waals surface area contributed by atoms with Crippen molar-refractivity contribution in [2.24, 2.45) is 0 Å². The highest BCUT2D eigenvalue weighted by molar-refractivity contribution is 6.35. The molecule has 25 heavy (non-hydrogen) atoms. The topological polar surface area (TPSA) is 68.3 Å². The van der Waals surface area contributed by atoms with Gasteiger partial charge in [-0.05, 0) is 30.3 Å². The lowest BCUT2D eigenvalue weighted by Gasteiger charge is -2.07. The van der Waals surface area contributed by atoms with Gasteiger partial charge in [-0.2, -0.15) is 0 Å². The molecule has 1 amide bonds. The Labute approximate surface area is 153 Å². The van der Waals surface area contributed by atoms with Gasteiger partial charge in [-0.15, -0.1) is 0 Å². The summed E-state index contributed by atoms with van der Waals surface area (Å²) in [6.07, 6.45) is 0. The van der Waals surface area contributed by atoms with E-state index in [-0.39, 0.29) is 5.69 Å². The lowest BCUT2D eigenvalue weighted by atomic mass is 10.2. The van der Waals surface area contributed by atoms with Crippen molar-refractivity contribution in [1.29, 1.82) is 0 Å². The Balaban J connectivity index is 1.61. The number of halogens is 2. The fraction of sp³-hybridized carbons (Fsp3) is 0.0556. The van der Waals surface area contributed by atoms with Gasteiger partial charge in [0.05, 0.1) is 5.52 Å². The summed E-state index contributed by atoms with van der Waals surface area (Å²) in [7, 11) is 0. The number of aromatic nitrogens is 1. The number of anilines is 1. The maximum atomic E-state index is 12.0. The Morgan fingerprint density at radius 1 is 1.00 bits per heavy atom. The first-order chi connectivity index (χ1) is 12.0. The lowest BCUT2D eigenvalue weighted by molar-refractivity contribution is -0.119. The van der Waals surface area contributed by atoms with E-state index in [4.69, 9.17) is 27.9 Å². The van der Waals surface area contributed by atoms with Crippen LogP contribution in [0.1, 0.15) is 10.5 Å². The van der Waals surface area contributed by atoms with Gasteiger partial charge in [-0.3, -0.25) is 4.79 Å². The molecule has 0 saturated heterocycles. The predicted molar refractivity (Wildman–Crippen MR) is 97.1 cm³/mol. The van der Waals surface area contributed by atoms with Crippen LogP contribution in [0.15, 0.2) is 54.6 Å². The van der Waals surface area contributed by atoms with Gasteiger partial charge in [0.15, 0.2) is 6.61 Å². The van der Waals surface area contributed by atoms with E-state index in [9.17, 15) is 9.59 Å². The molecule has 0 saturated carbocycles. The molecule has 0 atom stereocenters. The zero-order valence-electron chi connectivity index (χ0n) is 12.8. The highest BCUT2D eigenvalue weighted by Gasteiger charge is 2.12. The number of fused-ring (bicyclic) bond motifs is 1. The molecule has 126 valence electrons. The Hall–Kier alpha value is -2.63. The van der Waals surface area contributed by atoms with E-state index in [0.717, 1.165) is 5.39 Å². The van der Waals surface area contributed by atoms with Crippen LogP contribution in [0.5, 0.6) is 0 Å². The van der Waals surface area contributed by atoms with Gasteiger partial charge in [-0.25, -0.2) is 9.78 Å². The number of benzene rings is 2. The number of carbonyl (C=O) groups is 2. The highest BCUT2D eigenvalue weighted by Crippen LogP contribution is 2.22. The van der Waals surface area contributed by atoms with Crippen LogP contribution in [0.4, 0.5) is 5.69 Å². The summed E-state index contributed by atoms with van der Waals surface area (Å²) in [6, 6.07) is 15.3. The molecule has 1 aromatic heterocycles. The van der Waals surface area contributed by atoms with Crippen molar-refractivity contribution in [2.75, 3.05) is 11.9 Å². The standard InChI is InChI=1S/C18H12Cl2N2O3/c19-12-7-13(20)9-14(8-12)21-17(23)10-25-18(24)16-6-5-11-3-1-2-4-15(11)22-16/h1-9H,10H2,(H,21,23). The third-order valence-corrected chi connectivity index (χ3v) is 3.72. The molecule has 3 aromatic rings. The molecule has 0 aliphatic carbocycles. The van der Waals surface area contributed by atoms with Crippen LogP contribution in [0.2, 0.25) is 10.0 Å². The summed E-state index contributed by atoms with van der Waals surface area (Å²) < 4.78 is 4.99. The lowest BCUT2D eigenvalue weighted by Crippen LogP contribution is -2.21. The van der Waals surface area contributed by atoms with E-state index in [0.29, 0.717) is 21.2 Å². The number of esters is 1. The van der Waals surface area contributed by atoms with E-state index >= 15 is 0 Å². The highest BCUT2D eigenvalue weighted by atomic mass is 35.5. The zero-order valence-corrected chi connectivity index (χ0v) is 14.3. The molecule has 0 unspecified atom stereocenters. The molecule has 7 heteroatoms. The van der Waals surface area contributed by atoms with E-state index in [1.54, 1.807) is 24.3 Å². The molecule has 0 fully saturated rings. The van der Waals surface area contributed by atoms with E-state index in [1.807, 2.05) is 18.2 Å². The maximum absolute atomic E-state index is 12.0. The number of para-hydroxylation sites is 1. The molecule has 1 heterocycles. The maximum Gasteiger partial charge on any atom is 0.357 e. The monoisotopic (exact) mass is 374 g/mol. The van der Waals surface area contributed by atoms with Crippen LogP contribution in [-0.2, 0) is 9.53 Å². The van der Waals surface area contributed by atoms with Crippen LogP contribution in [0.25, 0.3) is 10.9 Å². The van der Waals surface area contributed by atoms with Crippen LogP contribution in [0, 0.1) is 0 Å². The average Bonchev–Trinajstić information content (AvgIpc) is 2.58. The molecule has 1 N–H and O–H groups in total. The number of nitrogens with one attached hydrogen (secondary N) is 1. The van der Waals surface area contributed by atoms with Crippen molar-refractivity contribution in [1.82, 2.24) is 4.98 Å². The van der Waals surface area contributed by atoms with Crippen molar-refractivity contribution in [3.05, 3.63) is 70.3 Å². The number of rotatable bonds is 4. The van der Waals surface area contributed by atoms with Crippen LogP contribution >= 0.6 is 23.2 Å². The van der Waals surface area contributed by atoms with Crippen LogP contribution < -0.4 is 5.32 Å². The second kappa shape index (κ2) is 7.51. The normalized spacial score (nSPS) is 10.5. The SMILES string of the molecule is O=C(COC(=O)c1ccc2ccccc2n1)Nc1cc(Cl)cc(Cl)c1. The molecule has 0 aliphatic heterocycles. The van der Waals surface area contributed by atoms with Crippen molar-refractivity contribution >= 4 is 51.7 Å². The Kier molecular flexibility index (Phi) is 5.16. The van der Waals surface area contributed by atoms with Crippen molar-refractivity contribution < 1.29 is 14.3 Å². The fourth-order valence-corrected chi connectivity index (χ4v) is 2.73. The van der Waals surface area contributed by atoms with E-state index in [2.05, 4.69) is 10.3 Å². The number of hydrogen-bond donors (Lipinski definition) is 1. The van der Waals surface area contributed by atoms with Gasteiger partial charge in [0.1, 0.15) is 5.69 Å². The fourth-order valence-electron chi connectivity index (χ4n) is 2.21. The molecule has 5 nitrogen and oxygen atoms in total. The number of nitrogens with zero attached hydrogens (tertiary/aromatic N) is 1. The second-order valence-electron chi connectivity index (χ2n) is 5.17. The third kappa shape index (κ3) is 4.47. The average molecular weight is 375 g/mol. The third-order valence-electron chi connectivity index (χ3n) is 3.29. The van der Waals surface area contributed by atoms with E-state index < -0.39 is 18.5 Å². The van der Waals surface area contributed by atoms with Gasteiger partial charge >= 0.3 is 5.97 Å². The van der Waals surface area contributed by atoms with Gasteiger partial charge in [-0.1, -0.05) is 47.5 Å². The quantitative estimate of drug-likeness (QED) is 0.689. The number of ether oxygens (including phenoxy) is 1. The summed E-state index contributed by atoms with van der Waals surface area (Å²) in [4.78, 5) is 28.2.